The minimum Gasteiger partial charge on any atom is -0.374 e. The molecule has 2 aliphatic rings. The molecule has 2 fully saturated rings. The summed E-state index contributed by atoms with van der Waals surface area (Å²) in [6, 6.07) is 0. The van der Waals surface area contributed by atoms with Crippen molar-refractivity contribution in [2.24, 2.45) is 0 Å². The van der Waals surface area contributed by atoms with E-state index in [1.54, 1.807) is 11.3 Å². The van der Waals surface area contributed by atoms with Crippen molar-refractivity contribution in [3.05, 3.63) is 21.4 Å². The number of fused-ring (bicyclic) bond motifs is 3. The Balaban J connectivity index is 1.83. The first-order chi connectivity index (χ1) is 9.13. The van der Waals surface area contributed by atoms with Gasteiger partial charge in [0.25, 0.3) is 0 Å². The van der Waals surface area contributed by atoms with E-state index in [1.807, 2.05) is 0 Å². The second kappa shape index (κ2) is 4.14. The summed E-state index contributed by atoms with van der Waals surface area (Å²) in [5.41, 5.74) is 1.21. The molecule has 3 nitrogen and oxygen atoms in total. The summed E-state index contributed by atoms with van der Waals surface area (Å²) in [5, 5.41) is 1.63. The molecule has 0 radical (unpaired) electrons. The highest BCUT2D eigenvalue weighted by Crippen LogP contribution is 2.44. The van der Waals surface area contributed by atoms with Crippen LogP contribution >= 0.6 is 22.9 Å². The number of hydrogen-bond donors (Lipinski definition) is 0. The second-order valence-electron chi connectivity index (χ2n) is 5.55. The van der Waals surface area contributed by atoms with Gasteiger partial charge >= 0.3 is 0 Å². The summed E-state index contributed by atoms with van der Waals surface area (Å²) in [5.74, 6) is 1.22. The van der Waals surface area contributed by atoms with E-state index in [-0.39, 0.29) is 0 Å². The zero-order chi connectivity index (χ0) is 13.1. The van der Waals surface area contributed by atoms with E-state index in [0.717, 1.165) is 28.9 Å². The third kappa shape index (κ3) is 1.73. The summed E-state index contributed by atoms with van der Waals surface area (Å²) < 4.78 is 5.90. The molecule has 100 valence electrons. The van der Waals surface area contributed by atoms with Crippen molar-refractivity contribution < 1.29 is 4.74 Å². The number of rotatable bonds is 1. The predicted octanol–water partition coefficient (Wildman–Crippen LogP) is 4.00. The smallest absolute Gasteiger partial charge is 0.141 e. The largest absolute Gasteiger partial charge is 0.374 e. The molecule has 2 bridgehead atoms. The van der Waals surface area contributed by atoms with Crippen LogP contribution in [-0.2, 0) is 4.74 Å². The number of hydrogen-bond acceptors (Lipinski definition) is 4. The van der Waals surface area contributed by atoms with Crippen LogP contribution in [0.2, 0.25) is 5.15 Å². The normalized spacial score (nSPS) is 29.5. The van der Waals surface area contributed by atoms with Gasteiger partial charge in [0.2, 0.25) is 0 Å². The molecule has 2 aromatic heterocycles. The van der Waals surface area contributed by atoms with Crippen molar-refractivity contribution in [3.63, 3.8) is 0 Å². The molecule has 4 rings (SSSR count). The Hall–Kier alpha value is -0.710. The Morgan fingerprint density at radius 3 is 2.79 bits per heavy atom. The van der Waals surface area contributed by atoms with Gasteiger partial charge in [0, 0.05) is 10.8 Å². The molecule has 4 heterocycles. The minimum absolute atomic E-state index is 0.306. The summed E-state index contributed by atoms with van der Waals surface area (Å²) in [6.45, 7) is 4.20. The van der Waals surface area contributed by atoms with E-state index in [2.05, 4.69) is 18.8 Å². The molecule has 2 aromatic rings. The number of aryl methyl sites for hydroxylation is 2. The van der Waals surface area contributed by atoms with E-state index in [1.165, 1.54) is 16.9 Å². The van der Waals surface area contributed by atoms with Crippen LogP contribution in [0.5, 0.6) is 0 Å². The first-order valence-corrected chi connectivity index (χ1v) is 7.91. The topological polar surface area (TPSA) is 35.0 Å². The van der Waals surface area contributed by atoms with Gasteiger partial charge in [-0.2, -0.15) is 0 Å². The number of thiophene rings is 1. The Morgan fingerprint density at radius 2 is 2.11 bits per heavy atom. The fraction of sp³-hybridized carbons (Fsp3) is 0.571. The summed E-state index contributed by atoms with van der Waals surface area (Å²) in [6.07, 6.45) is 4.10. The molecule has 2 saturated heterocycles. The van der Waals surface area contributed by atoms with Gasteiger partial charge in [-0.05, 0) is 38.7 Å². The van der Waals surface area contributed by atoms with Crippen LogP contribution in [0.15, 0.2) is 0 Å². The van der Waals surface area contributed by atoms with Gasteiger partial charge in [-0.15, -0.1) is 11.3 Å². The number of halogens is 1. The van der Waals surface area contributed by atoms with E-state index in [9.17, 15) is 0 Å². The standard InChI is InChI=1S/C14H15ClN2OS/c1-6-7(2)19-14-11(6)12(15)16-13(17-14)9-5-8-3-4-10(9)18-8/h8-10H,3-5H2,1-2H3. The summed E-state index contributed by atoms with van der Waals surface area (Å²) in [4.78, 5) is 11.6. The van der Waals surface area contributed by atoms with Crippen molar-refractivity contribution in [2.45, 2.75) is 51.2 Å². The van der Waals surface area contributed by atoms with Crippen LogP contribution in [0.25, 0.3) is 10.2 Å². The zero-order valence-electron chi connectivity index (χ0n) is 10.9. The molecule has 0 aromatic carbocycles. The third-order valence-electron chi connectivity index (χ3n) is 4.44. The van der Waals surface area contributed by atoms with Crippen LogP contribution in [-0.4, -0.2) is 22.2 Å². The quantitative estimate of drug-likeness (QED) is 0.746. The molecule has 0 N–H and O–H groups in total. The van der Waals surface area contributed by atoms with E-state index in [4.69, 9.17) is 21.3 Å². The predicted molar refractivity (Wildman–Crippen MR) is 77.2 cm³/mol. The lowest BCUT2D eigenvalue weighted by Crippen LogP contribution is -2.17. The van der Waals surface area contributed by atoms with Gasteiger partial charge in [-0.25, -0.2) is 9.97 Å². The average Bonchev–Trinajstić information content (AvgIpc) is 3.05. The van der Waals surface area contributed by atoms with E-state index in [0.29, 0.717) is 23.3 Å². The highest BCUT2D eigenvalue weighted by molar-refractivity contribution is 7.18. The van der Waals surface area contributed by atoms with E-state index < -0.39 is 0 Å². The van der Waals surface area contributed by atoms with Crippen molar-refractivity contribution in [2.75, 3.05) is 0 Å². The lowest BCUT2D eigenvalue weighted by molar-refractivity contribution is 0.0999. The van der Waals surface area contributed by atoms with E-state index >= 15 is 0 Å². The molecular formula is C14H15ClN2OS. The lowest BCUT2D eigenvalue weighted by atomic mass is 9.88. The lowest BCUT2D eigenvalue weighted by Gasteiger charge is -2.17. The molecule has 2 aliphatic heterocycles. The first-order valence-electron chi connectivity index (χ1n) is 6.72. The highest BCUT2D eigenvalue weighted by atomic mass is 35.5. The maximum Gasteiger partial charge on any atom is 0.141 e. The summed E-state index contributed by atoms with van der Waals surface area (Å²) >= 11 is 8.09. The molecule has 0 amide bonds. The number of nitrogens with zero attached hydrogens (tertiary/aromatic N) is 2. The van der Waals surface area contributed by atoms with Crippen molar-refractivity contribution >= 4 is 33.2 Å². The van der Waals surface area contributed by atoms with Gasteiger partial charge in [0.15, 0.2) is 0 Å². The van der Waals surface area contributed by atoms with Crippen molar-refractivity contribution in [1.29, 1.82) is 0 Å². The maximum absolute atomic E-state index is 6.38. The third-order valence-corrected chi connectivity index (χ3v) is 5.81. The molecular weight excluding hydrogens is 280 g/mol. The minimum atomic E-state index is 0.306. The SMILES string of the molecule is Cc1sc2nc(C3CC4CCC3O4)nc(Cl)c2c1C. The van der Waals surface area contributed by atoms with Gasteiger partial charge in [0.1, 0.15) is 15.8 Å². The van der Waals surface area contributed by atoms with Crippen molar-refractivity contribution in [3.8, 4) is 0 Å². The molecule has 3 unspecified atom stereocenters. The van der Waals surface area contributed by atoms with Crippen LogP contribution in [0.4, 0.5) is 0 Å². The molecule has 3 atom stereocenters. The first kappa shape index (κ1) is 12.1. The Bertz CT molecular complexity index is 669. The second-order valence-corrected chi connectivity index (χ2v) is 7.11. The van der Waals surface area contributed by atoms with Gasteiger partial charge in [0.05, 0.1) is 17.6 Å². The van der Waals surface area contributed by atoms with Crippen molar-refractivity contribution in [1.82, 2.24) is 9.97 Å². The molecule has 0 aliphatic carbocycles. The Morgan fingerprint density at radius 1 is 1.26 bits per heavy atom. The van der Waals surface area contributed by atoms with Crippen LogP contribution < -0.4 is 0 Å². The fourth-order valence-electron chi connectivity index (χ4n) is 3.29. The van der Waals surface area contributed by atoms with Crippen LogP contribution in [0.3, 0.4) is 0 Å². The Kier molecular flexibility index (Phi) is 2.63. The van der Waals surface area contributed by atoms with Gasteiger partial charge in [-0.3, -0.25) is 0 Å². The molecule has 0 spiro atoms. The van der Waals surface area contributed by atoms with Crippen LogP contribution in [0.1, 0.15) is 41.4 Å². The fourth-order valence-corrected chi connectivity index (χ4v) is 4.70. The highest BCUT2D eigenvalue weighted by Gasteiger charge is 2.43. The molecule has 0 saturated carbocycles. The zero-order valence-corrected chi connectivity index (χ0v) is 12.5. The Labute approximate surface area is 121 Å². The number of aromatic nitrogens is 2. The van der Waals surface area contributed by atoms with Crippen LogP contribution in [0, 0.1) is 13.8 Å². The average molecular weight is 295 g/mol. The number of ether oxygens (including phenoxy) is 1. The monoisotopic (exact) mass is 294 g/mol. The molecule has 19 heavy (non-hydrogen) atoms. The molecule has 5 heteroatoms. The van der Waals surface area contributed by atoms with Gasteiger partial charge in [-0.1, -0.05) is 11.6 Å². The summed E-state index contributed by atoms with van der Waals surface area (Å²) in [7, 11) is 0. The van der Waals surface area contributed by atoms with Gasteiger partial charge < -0.3 is 4.74 Å². The maximum atomic E-state index is 6.38.